The molecule has 5 heteroatoms. The molecular formula is C21H20N2O2S. The highest BCUT2D eigenvalue weighted by Gasteiger charge is 2.17. The molecule has 1 N–H and O–H groups in total. The topological polar surface area (TPSA) is 55.0 Å². The molecule has 0 aliphatic heterocycles. The van der Waals surface area contributed by atoms with Crippen molar-refractivity contribution in [2.75, 3.05) is 0 Å². The molecule has 1 aromatic heterocycles. The summed E-state index contributed by atoms with van der Waals surface area (Å²) in [5, 5.41) is 0.880. The van der Waals surface area contributed by atoms with Crippen LogP contribution in [0.3, 0.4) is 0 Å². The largest absolute Gasteiger partial charge is 0.489 e. The van der Waals surface area contributed by atoms with E-state index in [9.17, 15) is 4.79 Å². The van der Waals surface area contributed by atoms with Gasteiger partial charge in [-0.05, 0) is 42.5 Å². The summed E-state index contributed by atoms with van der Waals surface area (Å²) in [5.74, 6) is 1.65. The van der Waals surface area contributed by atoms with Crippen molar-refractivity contribution < 1.29 is 4.74 Å². The lowest BCUT2D eigenvalue weighted by molar-refractivity contribution is 0.306. The Morgan fingerprint density at radius 1 is 1.00 bits per heavy atom. The molecule has 1 aliphatic rings. The van der Waals surface area contributed by atoms with Gasteiger partial charge in [-0.3, -0.25) is 0 Å². The molecule has 0 atom stereocenters. The molecule has 0 saturated carbocycles. The van der Waals surface area contributed by atoms with E-state index in [1.165, 1.54) is 11.1 Å². The lowest BCUT2D eigenvalue weighted by Crippen LogP contribution is -2.14. The van der Waals surface area contributed by atoms with Crippen molar-refractivity contribution in [3.05, 3.63) is 87.5 Å². The maximum atomic E-state index is 11.7. The van der Waals surface area contributed by atoms with Crippen molar-refractivity contribution in [3.8, 4) is 5.75 Å². The molecule has 1 aliphatic carbocycles. The number of fused-ring (bicyclic) bond motifs is 1. The molecule has 0 unspecified atom stereocenters. The number of H-pyrrole nitrogens is 1. The van der Waals surface area contributed by atoms with Crippen LogP contribution >= 0.6 is 11.8 Å². The summed E-state index contributed by atoms with van der Waals surface area (Å²) in [5.41, 5.74) is 4.39. The molecule has 4 rings (SSSR count). The zero-order valence-corrected chi connectivity index (χ0v) is 15.2. The number of aromatic amines is 1. The normalized spacial score (nSPS) is 12.8. The Morgan fingerprint density at radius 3 is 2.62 bits per heavy atom. The van der Waals surface area contributed by atoms with Gasteiger partial charge in [-0.15, -0.1) is 11.8 Å². The van der Waals surface area contributed by atoms with Gasteiger partial charge in [0.25, 0.3) is 0 Å². The third-order valence-electron chi connectivity index (χ3n) is 4.48. The average Bonchev–Trinajstić information content (AvgIpc) is 3.14. The first-order valence-electron chi connectivity index (χ1n) is 8.78. The maximum Gasteiger partial charge on any atom is 0.346 e. The molecular weight excluding hydrogens is 344 g/mol. The van der Waals surface area contributed by atoms with Gasteiger partial charge in [0.2, 0.25) is 0 Å². The fourth-order valence-corrected chi connectivity index (χ4v) is 4.17. The van der Waals surface area contributed by atoms with E-state index < -0.39 is 0 Å². The van der Waals surface area contributed by atoms with Crippen LogP contribution in [0.5, 0.6) is 5.75 Å². The number of nitrogens with one attached hydrogen (secondary N) is 1. The van der Waals surface area contributed by atoms with Crippen LogP contribution in [-0.2, 0) is 25.2 Å². The second-order valence-corrected chi connectivity index (χ2v) is 7.33. The summed E-state index contributed by atoms with van der Waals surface area (Å²) in [6.07, 6.45) is 3.06. The summed E-state index contributed by atoms with van der Waals surface area (Å²) >= 11 is 1.64. The summed E-state index contributed by atoms with van der Waals surface area (Å²) in [6.45, 7) is 0.567. The van der Waals surface area contributed by atoms with E-state index in [1.54, 1.807) is 11.8 Å². The smallest absolute Gasteiger partial charge is 0.346 e. The van der Waals surface area contributed by atoms with Gasteiger partial charge < -0.3 is 9.72 Å². The number of rotatable bonds is 6. The molecule has 132 valence electrons. The second kappa shape index (κ2) is 7.79. The molecule has 1 heterocycles. The van der Waals surface area contributed by atoms with E-state index in [2.05, 4.69) is 34.2 Å². The number of thioether (sulfide) groups is 1. The highest BCUT2D eigenvalue weighted by atomic mass is 32.2. The molecule has 26 heavy (non-hydrogen) atoms. The highest BCUT2D eigenvalue weighted by Crippen LogP contribution is 2.30. The van der Waals surface area contributed by atoms with E-state index in [0.29, 0.717) is 6.61 Å². The minimum atomic E-state index is -0.238. The van der Waals surface area contributed by atoms with Gasteiger partial charge in [0.15, 0.2) is 0 Å². The number of hydrogen-bond donors (Lipinski definition) is 1. The summed E-state index contributed by atoms with van der Waals surface area (Å²) in [7, 11) is 0. The lowest BCUT2D eigenvalue weighted by Gasteiger charge is -2.08. The molecule has 0 amide bonds. The number of benzene rings is 2. The van der Waals surface area contributed by atoms with E-state index in [-0.39, 0.29) is 5.69 Å². The van der Waals surface area contributed by atoms with Crippen LogP contribution in [0, 0.1) is 0 Å². The first kappa shape index (κ1) is 16.9. The van der Waals surface area contributed by atoms with Gasteiger partial charge in [-0.25, -0.2) is 4.79 Å². The first-order chi connectivity index (χ1) is 12.8. The van der Waals surface area contributed by atoms with Crippen molar-refractivity contribution in [1.82, 2.24) is 9.97 Å². The Bertz CT molecular complexity index is 936. The van der Waals surface area contributed by atoms with Crippen LogP contribution in [0.2, 0.25) is 0 Å². The van der Waals surface area contributed by atoms with Gasteiger partial charge in [0.1, 0.15) is 17.4 Å². The maximum absolute atomic E-state index is 11.7. The predicted octanol–water partition coefficient (Wildman–Crippen LogP) is 4.13. The molecule has 4 nitrogen and oxygen atoms in total. The summed E-state index contributed by atoms with van der Waals surface area (Å²) in [4.78, 5) is 18.7. The standard InChI is InChI=1S/C21H20N2O2S/c24-21-22-19-8-4-7-18(19)20(23-21)26-14-16-9-11-17(12-10-16)25-13-15-5-2-1-3-6-15/h1-3,5-6,9-12H,4,7-8,13-14H2,(H,22,23,24). The number of hydrogen-bond acceptors (Lipinski definition) is 4. The quantitative estimate of drug-likeness (QED) is 0.528. The number of aryl methyl sites for hydroxylation is 1. The highest BCUT2D eigenvalue weighted by molar-refractivity contribution is 7.98. The third-order valence-corrected chi connectivity index (χ3v) is 5.57. The molecule has 0 spiro atoms. The SMILES string of the molecule is O=c1nc(SCc2ccc(OCc3ccccc3)cc2)c2c([nH]1)CCC2. The average molecular weight is 364 g/mol. The molecule has 0 bridgehead atoms. The Morgan fingerprint density at radius 2 is 1.81 bits per heavy atom. The van der Waals surface area contributed by atoms with Crippen molar-refractivity contribution in [2.45, 2.75) is 36.6 Å². The zero-order valence-electron chi connectivity index (χ0n) is 14.4. The summed E-state index contributed by atoms with van der Waals surface area (Å²) in [6, 6.07) is 18.3. The van der Waals surface area contributed by atoms with Crippen LogP contribution < -0.4 is 10.4 Å². The Hall–Kier alpha value is -2.53. The van der Waals surface area contributed by atoms with E-state index in [4.69, 9.17) is 4.74 Å². The Balaban J connectivity index is 1.37. The van der Waals surface area contributed by atoms with Crippen molar-refractivity contribution in [1.29, 1.82) is 0 Å². The third kappa shape index (κ3) is 3.99. The minimum Gasteiger partial charge on any atom is -0.489 e. The van der Waals surface area contributed by atoms with Gasteiger partial charge in [-0.1, -0.05) is 42.5 Å². The Kier molecular flexibility index (Phi) is 5.07. The van der Waals surface area contributed by atoms with Crippen LogP contribution in [0.4, 0.5) is 0 Å². The van der Waals surface area contributed by atoms with Crippen molar-refractivity contribution >= 4 is 11.8 Å². The number of ether oxygens (including phenoxy) is 1. The molecule has 2 aromatic carbocycles. The van der Waals surface area contributed by atoms with Crippen molar-refractivity contribution in [3.63, 3.8) is 0 Å². The molecule has 0 radical (unpaired) electrons. The van der Waals surface area contributed by atoms with Crippen LogP contribution in [0.1, 0.15) is 28.8 Å². The van der Waals surface area contributed by atoms with Crippen molar-refractivity contribution in [2.24, 2.45) is 0 Å². The van der Waals surface area contributed by atoms with Gasteiger partial charge in [0, 0.05) is 17.0 Å². The van der Waals surface area contributed by atoms with Crippen LogP contribution in [0.15, 0.2) is 64.4 Å². The summed E-state index contributed by atoms with van der Waals surface area (Å²) < 4.78 is 5.82. The van der Waals surface area contributed by atoms with Crippen LogP contribution in [0.25, 0.3) is 0 Å². The van der Waals surface area contributed by atoms with E-state index in [1.807, 2.05) is 30.3 Å². The lowest BCUT2D eigenvalue weighted by atomic mass is 10.2. The second-order valence-electron chi connectivity index (χ2n) is 6.36. The van der Waals surface area contributed by atoms with Crippen LogP contribution in [-0.4, -0.2) is 9.97 Å². The van der Waals surface area contributed by atoms with Gasteiger partial charge in [-0.2, -0.15) is 4.98 Å². The zero-order chi connectivity index (χ0) is 17.8. The first-order valence-corrected chi connectivity index (χ1v) is 9.77. The van der Waals surface area contributed by atoms with E-state index in [0.717, 1.165) is 47.0 Å². The number of aromatic nitrogens is 2. The van der Waals surface area contributed by atoms with E-state index >= 15 is 0 Å². The van der Waals surface area contributed by atoms with Gasteiger partial charge >= 0.3 is 5.69 Å². The molecule has 0 saturated heterocycles. The monoisotopic (exact) mass is 364 g/mol. The number of nitrogens with zero attached hydrogens (tertiary/aromatic N) is 1. The Labute approximate surface area is 156 Å². The molecule has 0 fully saturated rings. The predicted molar refractivity (Wildman–Crippen MR) is 104 cm³/mol. The fraction of sp³-hybridized carbons (Fsp3) is 0.238. The fourth-order valence-electron chi connectivity index (χ4n) is 3.13. The minimum absolute atomic E-state index is 0.238. The molecule has 3 aromatic rings. The van der Waals surface area contributed by atoms with Gasteiger partial charge in [0.05, 0.1) is 0 Å².